The number of halogens is 2. The number of hydrogen-bond donors (Lipinski definition) is 3. The Morgan fingerprint density at radius 2 is 1.75 bits per heavy atom. The van der Waals surface area contributed by atoms with Crippen LogP contribution in [0, 0.1) is 0 Å². The van der Waals surface area contributed by atoms with Crippen molar-refractivity contribution in [3.8, 4) is 5.75 Å². The highest BCUT2D eigenvalue weighted by atomic mass is 35.5. The highest BCUT2D eigenvalue weighted by molar-refractivity contribution is 6.35. The van der Waals surface area contributed by atoms with E-state index in [4.69, 9.17) is 37.7 Å². The monoisotopic (exact) mass is 928 g/mol. The van der Waals surface area contributed by atoms with Gasteiger partial charge < -0.3 is 39.4 Å². The van der Waals surface area contributed by atoms with E-state index in [9.17, 15) is 24.0 Å². The van der Waals surface area contributed by atoms with Crippen LogP contribution in [0.3, 0.4) is 0 Å². The zero-order chi connectivity index (χ0) is 45.7. The van der Waals surface area contributed by atoms with Crippen molar-refractivity contribution in [1.29, 1.82) is 0 Å². The molecule has 2 aromatic carbocycles. The highest BCUT2D eigenvalue weighted by Crippen LogP contribution is 2.40. The number of aromatic nitrogens is 3. The first kappa shape index (κ1) is 44.7. The number of amides is 4. The number of anilines is 4. The second-order valence-electron chi connectivity index (χ2n) is 17.9. The number of hydrogen-bond acceptors (Lipinski definition) is 13. The number of piperidine rings is 2. The first-order valence-electron chi connectivity index (χ1n) is 22.5. The van der Waals surface area contributed by atoms with Crippen LogP contribution in [-0.4, -0.2) is 125 Å². The van der Waals surface area contributed by atoms with Gasteiger partial charge in [0.05, 0.1) is 34.6 Å². The quantitative estimate of drug-likeness (QED) is 0.161. The molecule has 1 saturated carbocycles. The van der Waals surface area contributed by atoms with Crippen LogP contribution in [0.1, 0.15) is 81.3 Å². The third-order valence-corrected chi connectivity index (χ3v) is 14.1. The third kappa shape index (κ3) is 8.95. The number of ether oxygens (including phenoxy) is 2. The molecule has 1 unspecified atom stereocenters. The van der Waals surface area contributed by atoms with Crippen molar-refractivity contribution in [1.82, 2.24) is 35.0 Å². The number of carbonyl (C=O) groups is 4. The van der Waals surface area contributed by atoms with Crippen LogP contribution in [0.4, 0.5) is 23.1 Å². The van der Waals surface area contributed by atoms with Crippen LogP contribution in [-0.2, 0) is 25.7 Å². The molecule has 0 bridgehead atoms. The fraction of sp³-hybridized carbons (Fsp3) is 0.500. The molecule has 0 radical (unpaired) electrons. The number of fused-ring (bicyclic) bond motifs is 2. The largest absolute Gasteiger partial charge is 0.478 e. The van der Waals surface area contributed by atoms with Crippen molar-refractivity contribution >= 4 is 80.9 Å². The van der Waals surface area contributed by atoms with Gasteiger partial charge in [-0.15, -0.1) is 0 Å². The second kappa shape index (κ2) is 18.4. The summed E-state index contributed by atoms with van der Waals surface area (Å²) in [6, 6.07) is 10.9. The van der Waals surface area contributed by atoms with E-state index in [-0.39, 0.29) is 72.9 Å². The van der Waals surface area contributed by atoms with Crippen LogP contribution in [0.5, 0.6) is 5.75 Å². The summed E-state index contributed by atoms with van der Waals surface area (Å²) in [7, 11) is 1.51. The number of benzene rings is 2. The van der Waals surface area contributed by atoms with E-state index in [0.717, 1.165) is 80.6 Å². The fourth-order valence-corrected chi connectivity index (χ4v) is 10.3. The minimum atomic E-state index is -0.680. The summed E-state index contributed by atoms with van der Waals surface area (Å²) in [6.45, 7) is 10.1. The number of nitrogens with one attached hydrogen (secondary N) is 3. The minimum absolute atomic E-state index is 0.0900. The number of rotatable bonds is 12. The van der Waals surface area contributed by atoms with Gasteiger partial charge in [0.25, 0.3) is 17.4 Å². The maximum Gasteiger partial charge on any atom is 0.293 e. The highest BCUT2D eigenvalue weighted by Gasteiger charge is 2.42. The van der Waals surface area contributed by atoms with Crippen molar-refractivity contribution < 1.29 is 28.7 Å². The van der Waals surface area contributed by atoms with E-state index in [0.29, 0.717) is 45.5 Å². The van der Waals surface area contributed by atoms with Crippen LogP contribution >= 0.6 is 23.2 Å². The molecule has 17 nitrogen and oxygen atoms in total. The van der Waals surface area contributed by atoms with Gasteiger partial charge in [-0.05, 0) is 89.3 Å². The topological polar surface area (TPSA) is 184 Å². The van der Waals surface area contributed by atoms with Crippen molar-refractivity contribution in [2.75, 3.05) is 61.5 Å². The Hall–Kier alpha value is -5.49. The minimum Gasteiger partial charge on any atom is -0.478 e. The summed E-state index contributed by atoms with van der Waals surface area (Å²) >= 11 is 13.6. The van der Waals surface area contributed by atoms with E-state index in [2.05, 4.69) is 42.6 Å². The molecular formula is C46H54Cl2N10O7. The maximum absolute atomic E-state index is 13.3. The molecule has 344 valence electrons. The van der Waals surface area contributed by atoms with Crippen LogP contribution in [0.2, 0.25) is 10.0 Å². The molecule has 0 spiro atoms. The third-order valence-electron chi connectivity index (χ3n) is 13.4. The molecule has 6 heterocycles. The molecule has 3 N–H and O–H groups in total. The number of likely N-dealkylation sites (N-methyl/N-ethyl adjacent to an activating group) is 1. The van der Waals surface area contributed by atoms with E-state index < -0.39 is 11.9 Å². The molecular weight excluding hydrogens is 875 g/mol. The average Bonchev–Trinajstić information content (AvgIpc) is 3.61. The number of carbonyl (C=O) groups excluding carboxylic acids is 4. The number of pyridine rings is 1. The van der Waals surface area contributed by atoms with Crippen molar-refractivity contribution in [2.24, 2.45) is 0 Å². The smallest absolute Gasteiger partial charge is 0.293 e. The standard InChI is InChI=1S/C46H54Cl2N10O7/c1-25(2)58-35-7-5-28(17-27(35)18-38(45(58)63)64-24-40(60)49-4)51-42-34(47)21-50-46(53-42)54-13-11-30(12-14-54)65-31-19-29(20-31)55-15-16-56(26(3)22-55)36-8-6-32-33(41(36)48)23-57(44(32)62)37-9-10-39(59)52-43(37)61/h5-8,17-18,21,25-26,29-31,37H,9-16,19-20,22-24H2,1-4H3,(H,49,60)(H,50,51,53)(H,52,59,61)/t26-,29-,31-,37?/m0/s1. The summed E-state index contributed by atoms with van der Waals surface area (Å²) in [4.78, 5) is 80.7. The van der Waals surface area contributed by atoms with Gasteiger partial charge in [0.15, 0.2) is 18.2 Å². The lowest BCUT2D eigenvalue weighted by Crippen LogP contribution is -2.59. The Labute approximate surface area is 386 Å². The van der Waals surface area contributed by atoms with Crippen LogP contribution in [0.15, 0.2) is 47.4 Å². The molecule has 65 heavy (non-hydrogen) atoms. The van der Waals surface area contributed by atoms with E-state index >= 15 is 0 Å². The van der Waals surface area contributed by atoms with Gasteiger partial charge in [-0.2, -0.15) is 4.98 Å². The Bertz CT molecular complexity index is 2600. The van der Waals surface area contributed by atoms with Crippen LogP contribution < -0.4 is 36.0 Å². The summed E-state index contributed by atoms with van der Waals surface area (Å²) in [5, 5.41) is 9.87. The Morgan fingerprint density at radius 1 is 0.969 bits per heavy atom. The van der Waals surface area contributed by atoms with Crippen LogP contribution in [0.25, 0.3) is 10.9 Å². The zero-order valence-electron chi connectivity index (χ0n) is 36.9. The van der Waals surface area contributed by atoms with Gasteiger partial charge in [-0.1, -0.05) is 23.2 Å². The van der Waals surface area contributed by atoms with Crippen molar-refractivity contribution in [3.05, 3.63) is 74.1 Å². The predicted octanol–water partition coefficient (Wildman–Crippen LogP) is 5.04. The SMILES string of the molecule is CNC(=O)COc1cc2cc(Nc3nc(N4CCC(O[C@H]5C[C@H](N6CCN(c7ccc8c(c7Cl)CN(C7CCC(=O)NC7=O)C8=O)[C@@H](C)C6)C5)CC4)ncc3Cl)ccc2n(C(C)C)c1=O. The lowest BCUT2D eigenvalue weighted by molar-refractivity contribution is -0.137. The molecule has 5 aliphatic rings. The number of nitrogens with zero attached hydrogens (tertiary/aromatic N) is 7. The number of imide groups is 1. The molecule has 4 aliphatic heterocycles. The molecule has 4 amide bonds. The molecule has 3 saturated heterocycles. The molecule has 4 aromatic rings. The van der Waals surface area contributed by atoms with Gasteiger partial charge in [-0.25, -0.2) is 4.98 Å². The van der Waals surface area contributed by atoms with Gasteiger partial charge in [-0.3, -0.25) is 34.2 Å². The molecule has 9 rings (SSSR count). The van der Waals surface area contributed by atoms with Gasteiger partial charge >= 0.3 is 0 Å². The fourth-order valence-electron chi connectivity index (χ4n) is 9.86. The predicted molar refractivity (Wildman–Crippen MR) is 247 cm³/mol. The summed E-state index contributed by atoms with van der Waals surface area (Å²) in [6.07, 6.45) is 6.21. The second-order valence-corrected chi connectivity index (χ2v) is 18.7. The molecule has 19 heteroatoms. The molecule has 4 fully saturated rings. The molecule has 1 aliphatic carbocycles. The van der Waals surface area contributed by atoms with Crippen molar-refractivity contribution in [3.63, 3.8) is 0 Å². The number of piperazine rings is 1. The summed E-state index contributed by atoms with van der Waals surface area (Å²) in [5.41, 5.74) is 3.29. The van der Waals surface area contributed by atoms with E-state index in [1.54, 1.807) is 21.7 Å². The van der Waals surface area contributed by atoms with E-state index in [1.807, 2.05) is 44.2 Å². The van der Waals surface area contributed by atoms with E-state index in [1.165, 1.54) is 7.05 Å². The lowest BCUT2D eigenvalue weighted by atomic mass is 9.86. The zero-order valence-corrected chi connectivity index (χ0v) is 38.5. The molecule has 2 aromatic heterocycles. The first-order chi connectivity index (χ1) is 31.3. The normalized spacial score (nSPS) is 22.9. The van der Waals surface area contributed by atoms with Gasteiger partial charge in [0.2, 0.25) is 17.8 Å². The maximum atomic E-state index is 13.3. The summed E-state index contributed by atoms with van der Waals surface area (Å²) in [5.74, 6) is -0.173. The Kier molecular flexibility index (Phi) is 12.7. The van der Waals surface area contributed by atoms with Gasteiger partial charge in [0, 0.05) is 93.1 Å². The van der Waals surface area contributed by atoms with Crippen molar-refractivity contribution in [2.45, 2.75) is 102 Å². The molecule has 2 atom stereocenters. The Balaban J connectivity index is 0.756. The summed E-state index contributed by atoms with van der Waals surface area (Å²) < 4.78 is 13.9. The lowest BCUT2D eigenvalue weighted by Gasteiger charge is -2.50. The van der Waals surface area contributed by atoms with Gasteiger partial charge in [0.1, 0.15) is 11.1 Å². The first-order valence-corrected chi connectivity index (χ1v) is 23.2. The Morgan fingerprint density at radius 3 is 2.48 bits per heavy atom. The average molecular weight is 930 g/mol.